The van der Waals surface area contributed by atoms with E-state index < -0.39 is 0 Å². The molecule has 19 heavy (non-hydrogen) atoms. The summed E-state index contributed by atoms with van der Waals surface area (Å²) in [6.45, 7) is 3.91. The Balaban J connectivity index is 2.08. The van der Waals surface area contributed by atoms with Gasteiger partial charge < -0.3 is 0 Å². The Hall–Kier alpha value is -1.90. The molecule has 2 aliphatic rings. The zero-order valence-electron chi connectivity index (χ0n) is 11.3. The molecule has 1 unspecified atom stereocenters. The average Bonchev–Trinajstić information content (AvgIpc) is 2.66. The second-order valence-electron chi connectivity index (χ2n) is 5.41. The molecule has 0 radical (unpaired) electrons. The maximum atomic E-state index is 12.5. The second kappa shape index (κ2) is 4.34. The van der Waals surface area contributed by atoms with Crippen LogP contribution in [0.4, 0.5) is 5.69 Å². The number of benzene rings is 1. The highest BCUT2D eigenvalue weighted by Crippen LogP contribution is 2.37. The number of hydrogen-bond donors (Lipinski definition) is 0. The van der Waals surface area contributed by atoms with Crippen LogP contribution in [-0.2, 0) is 9.59 Å². The van der Waals surface area contributed by atoms with Crippen molar-refractivity contribution in [2.24, 2.45) is 5.92 Å². The molecule has 3 nitrogen and oxygen atoms in total. The highest BCUT2D eigenvalue weighted by molar-refractivity contribution is 6.29. The molecular formula is C16H17NO2. The standard InChI is InChI=1S/C16H17NO2/c1-10-7-8-11(2)14(9-10)17-15(18)12-5-3-4-6-13(12)16(17)19/h5,7-9,13H,3-4,6H2,1-2H3. The summed E-state index contributed by atoms with van der Waals surface area (Å²) in [5.74, 6) is -0.380. The largest absolute Gasteiger partial charge is 0.273 e. The Morgan fingerprint density at radius 3 is 2.74 bits per heavy atom. The van der Waals surface area contributed by atoms with Gasteiger partial charge in [0.1, 0.15) is 0 Å². The van der Waals surface area contributed by atoms with Gasteiger partial charge in [-0.05, 0) is 50.3 Å². The lowest BCUT2D eigenvalue weighted by Gasteiger charge is -2.17. The minimum atomic E-state index is -0.207. The van der Waals surface area contributed by atoms with Gasteiger partial charge in [0.25, 0.3) is 5.91 Å². The Labute approximate surface area is 112 Å². The number of imide groups is 1. The number of rotatable bonds is 1. The SMILES string of the molecule is Cc1ccc(C)c(N2C(=O)C3=CCCCC3C2=O)c1. The third kappa shape index (κ3) is 1.81. The van der Waals surface area contributed by atoms with Crippen molar-refractivity contribution in [2.75, 3.05) is 4.90 Å². The molecule has 3 rings (SSSR count). The molecule has 1 atom stereocenters. The smallest absolute Gasteiger partial charge is 0.261 e. The molecule has 98 valence electrons. The van der Waals surface area contributed by atoms with E-state index in [0.29, 0.717) is 5.57 Å². The quantitative estimate of drug-likeness (QED) is 0.724. The molecule has 1 aromatic rings. The number of anilines is 1. The average molecular weight is 255 g/mol. The second-order valence-corrected chi connectivity index (χ2v) is 5.41. The molecule has 3 heteroatoms. The van der Waals surface area contributed by atoms with Crippen LogP contribution in [0.3, 0.4) is 0 Å². The summed E-state index contributed by atoms with van der Waals surface area (Å²) in [7, 11) is 0. The van der Waals surface area contributed by atoms with Crippen molar-refractivity contribution in [3.63, 3.8) is 0 Å². The van der Waals surface area contributed by atoms with Crippen LogP contribution in [0.5, 0.6) is 0 Å². The number of fused-ring (bicyclic) bond motifs is 1. The molecule has 0 aromatic heterocycles. The number of nitrogens with zero attached hydrogens (tertiary/aromatic N) is 1. The zero-order valence-corrected chi connectivity index (χ0v) is 11.3. The summed E-state index contributed by atoms with van der Waals surface area (Å²) in [4.78, 5) is 26.3. The lowest BCUT2D eigenvalue weighted by molar-refractivity contribution is -0.122. The summed E-state index contributed by atoms with van der Waals surface area (Å²) in [6, 6.07) is 5.88. The Morgan fingerprint density at radius 1 is 1.21 bits per heavy atom. The van der Waals surface area contributed by atoms with Gasteiger partial charge >= 0.3 is 0 Å². The van der Waals surface area contributed by atoms with E-state index in [1.807, 2.05) is 38.1 Å². The van der Waals surface area contributed by atoms with Crippen molar-refractivity contribution in [3.8, 4) is 0 Å². The fraction of sp³-hybridized carbons (Fsp3) is 0.375. The number of carbonyl (C=O) groups is 2. The number of carbonyl (C=O) groups excluding carboxylic acids is 2. The molecule has 0 spiro atoms. The summed E-state index contributed by atoms with van der Waals surface area (Å²) < 4.78 is 0. The number of allylic oxidation sites excluding steroid dienone is 1. The van der Waals surface area contributed by atoms with E-state index in [0.717, 1.165) is 36.1 Å². The van der Waals surface area contributed by atoms with Crippen molar-refractivity contribution in [3.05, 3.63) is 41.0 Å². The van der Waals surface area contributed by atoms with Crippen LogP contribution in [-0.4, -0.2) is 11.8 Å². The number of amides is 2. The zero-order chi connectivity index (χ0) is 13.6. The van der Waals surface area contributed by atoms with Crippen LogP contribution >= 0.6 is 0 Å². The van der Waals surface area contributed by atoms with Gasteiger partial charge in [-0.25, -0.2) is 4.90 Å². The van der Waals surface area contributed by atoms with E-state index in [4.69, 9.17) is 0 Å². The normalized spacial score (nSPS) is 22.5. The topological polar surface area (TPSA) is 37.4 Å². The van der Waals surface area contributed by atoms with Crippen molar-refractivity contribution >= 4 is 17.5 Å². The lowest BCUT2D eigenvalue weighted by Crippen LogP contribution is -2.31. The molecule has 0 saturated carbocycles. The van der Waals surface area contributed by atoms with Gasteiger partial charge in [-0.15, -0.1) is 0 Å². The Bertz CT molecular complexity index is 601. The minimum absolute atomic E-state index is 0.0512. The molecule has 1 aromatic carbocycles. The molecule has 1 fully saturated rings. The third-order valence-corrected chi connectivity index (χ3v) is 4.01. The molecule has 1 heterocycles. The fourth-order valence-corrected chi connectivity index (χ4v) is 2.94. The summed E-state index contributed by atoms with van der Waals surface area (Å²) in [5.41, 5.74) is 3.47. The van der Waals surface area contributed by atoms with Crippen LogP contribution in [0.2, 0.25) is 0 Å². The van der Waals surface area contributed by atoms with Crippen molar-refractivity contribution in [2.45, 2.75) is 33.1 Å². The predicted molar refractivity (Wildman–Crippen MR) is 73.8 cm³/mol. The van der Waals surface area contributed by atoms with E-state index >= 15 is 0 Å². The van der Waals surface area contributed by atoms with Crippen molar-refractivity contribution < 1.29 is 9.59 Å². The first kappa shape index (κ1) is 12.2. The molecule has 1 aliphatic heterocycles. The van der Waals surface area contributed by atoms with E-state index in [1.54, 1.807) is 0 Å². The van der Waals surface area contributed by atoms with Gasteiger partial charge in [0, 0.05) is 5.57 Å². The van der Waals surface area contributed by atoms with Crippen molar-refractivity contribution in [1.82, 2.24) is 0 Å². The predicted octanol–water partition coefficient (Wildman–Crippen LogP) is 2.90. The van der Waals surface area contributed by atoms with Gasteiger partial charge in [0.05, 0.1) is 11.6 Å². The van der Waals surface area contributed by atoms with Crippen LogP contribution in [0.25, 0.3) is 0 Å². The highest BCUT2D eigenvalue weighted by Gasteiger charge is 2.44. The number of hydrogen-bond acceptors (Lipinski definition) is 2. The van der Waals surface area contributed by atoms with Crippen molar-refractivity contribution in [1.29, 1.82) is 0 Å². The highest BCUT2D eigenvalue weighted by atomic mass is 16.2. The first-order valence-electron chi connectivity index (χ1n) is 6.75. The van der Waals surface area contributed by atoms with Gasteiger partial charge in [-0.1, -0.05) is 18.2 Å². The minimum Gasteiger partial charge on any atom is -0.273 e. The summed E-state index contributed by atoms with van der Waals surface area (Å²) in [5, 5.41) is 0. The first-order valence-corrected chi connectivity index (χ1v) is 6.75. The molecule has 0 bridgehead atoms. The van der Waals surface area contributed by atoms with Gasteiger partial charge in [-0.2, -0.15) is 0 Å². The van der Waals surface area contributed by atoms with Gasteiger partial charge in [-0.3, -0.25) is 9.59 Å². The van der Waals surface area contributed by atoms with E-state index in [9.17, 15) is 9.59 Å². The molecule has 2 amide bonds. The molecule has 0 N–H and O–H groups in total. The maximum absolute atomic E-state index is 12.5. The van der Waals surface area contributed by atoms with Gasteiger partial charge in [0.15, 0.2) is 0 Å². The van der Waals surface area contributed by atoms with Crippen LogP contribution in [0, 0.1) is 19.8 Å². The Morgan fingerprint density at radius 2 is 2.00 bits per heavy atom. The van der Waals surface area contributed by atoms with Gasteiger partial charge in [0.2, 0.25) is 5.91 Å². The number of aryl methyl sites for hydroxylation is 2. The Kier molecular flexibility index (Phi) is 2.77. The third-order valence-electron chi connectivity index (χ3n) is 4.01. The molecule has 1 saturated heterocycles. The van der Waals surface area contributed by atoms with E-state index in [2.05, 4.69) is 0 Å². The van der Waals surface area contributed by atoms with E-state index in [-0.39, 0.29) is 17.7 Å². The summed E-state index contributed by atoms with van der Waals surface area (Å²) in [6.07, 6.45) is 4.65. The van der Waals surface area contributed by atoms with Crippen LogP contribution in [0.15, 0.2) is 29.8 Å². The first-order chi connectivity index (χ1) is 9.09. The lowest BCUT2D eigenvalue weighted by atomic mass is 9.90. The molecule has 1 aliphatic carbocycles. The monoisotopic (exact) mass is 255 g/mol. The van der Waals surface area contributed by atoms with Crippen LogP contribution < -0.4 is 4.90 Å². The summed E-state index contributed by atoms with van der Waals surface area (Å²) >= 11 is 0. The van der Waals surface area contributed by atoms with E-state index in [1.165, 1.54) is 4.90 Å². The van der Waals surface area contributed by atoms with Crippen LogP contribution in [0.1, 0.15) is 30.4 Å². The maximum Gasteiger partial charge on any atom is 0.261 e. The fourth-order valence-electron chi connectivity index (χ4n) is 2.94. The molecular weight excluding hydrogens is 238 g/mol.